The number of hydrogen-bond acceptors (Lipinski definition) is 5. The molecule has 1 aromatic rings. The Balaban J connectivity index is 1.58. The Kier molecular flexibility index (Phi) is 6.73. The summed E-state index contributed by atoms with van der Waals surface area (Å²) in [6.07, 6.45) is 4.45. The normalized spacial score (nSPS) is 20.3. The molecule has 8 heteroatoms. The number of rotatable bonds is 6. The second-order valence-electron chi connectivity index (χ2n) is 7.13. The highest BCUT2D eigenvalue weighted by Crippen LogP contribution is 2.22. The first-order chi connectivity index (χ1) is 13.0. The summed E-state index contributed by atoms with van der Waals surface area (Å²) in [5.74, 6) is 0.384. The SMILES string of the molecule is C[C@@H](Oc1ccc(S(=O)(=O)NC2CCCCC2)cc1)C(=O)N1CCOCC1. The number of ether oxygens (including phenoxy) is 2. The molecule has 1 aliphatic carbocycles. The van der Waals surface area contributed by atoms with Crippen molar-refractivity contribution in [2.24, 2.45) is 0 Å². The first-order valence-corrected chi connectivity index (χ1v) is 11.1. The molecule has 1 heterocycles. The number of morpholine rings is 1. The first-order valence-electron chi connectivity index (χ1n) is 9.61. The minimum Gasteiger partial charge on any atom is -0.481 e. The smallest absolute Gasteiger partial charge is 0.263 e. The molecular formula is C19H28N2O5S. The van der Waals surface area contributed by atoms with E-state index in [1.165, 1.54) is 18.6 Å². The summed E-state index contributed by atoms with van der Waals surface area (Å²) in [7, 11) is -3.53. The lowest BCUT2D eigenvalue weighted by Crippen LogP contribution is -2.46. The quantitative estimate of drug-likeness (QED) is 0.794. The lowest BCUT2D eigenvalue weighted by Gasteiger charge is -2.29. The molecule has 1 saturated carbocycles. The van der Waals surface area contributed by atoms with Gasteiger partial charge in [0.15, 0.2) is 6.10 Å². The van der Waals surface area contributed by atoms with E-state index in [9.17, 15) is 13.2 Å². The molecule has 150 valence electrons. The number of carbonyl (C=O) groups excluding carboxylic acids is 1. The van der Waals surface area contributed by atoms with Crippen LogP contribution >= 0.6 is 0 Å². The zero-order valence-corrected chi connectivity index (χ0v) is 16.5. The highest BCUT2D eigenvalue weighted by atomic mass is 32.2. The molecule has 27 heavy (non-hydrogen) atoms. The lowest BCUT2D eigenvalue weighted by molar-refractivity contribution is -0.142. The number of amides is 1. The van der Waals surface area contributed by atoms with Gasteiger partial charge in [-0.3, -0.25) is 4.79 Å². The third-order valence-corrected chi connectivity index (χ3v) is 6.58. The Morgan fingerprint density at radius 3 is 2.41 bits per heavy atom. The summed E-state index contributed by atoms with van der Waals surface area (Å²) < 4.78 is 38.8. The average molecular weight is 397 g/mol. The van der Waals surface area contributed by atoms with Gasteiger partial charge in [0.25, 0.3) is 5.91 Å². The second kappa shape index (κ2) is 9.03. The molecule has 2 aliphatic rings. The van der Waals surface area contributed by atoms with Gasteiger partial charge in [0, 0.05) is 19.1 Å². The summed E-state index contributed by atoms with van der Waals surface area (Å²) in [5, 5.41) is 0. The van der Waals surface area contributed by atoms with E-state index < -0.39 is 16.1 Å². The Hall–Kier alpha value is -1.64. The second-order valence-corrected chi connectivity index (χ2v) is 8.84. The van der Waals surface area contributed by atoms with E-state index in [2.05, 4.69) is 4.72 Å². The van der Waals surface area contributed by atoms with E-state index in [1.807, 2.05) is 0 Å². The molecule has 0 spiro atoms. The Labute approximate surface area is 161 Å². The van der Waals surface area contributed by atoms with Crippen LogP contribution in [-0.2, 0) is 19.6 Å². The van der Waals surface area contributed by atoms with Gasteiger partial charge in [-0.15, -0.1) is 0 Å². The van der Waals surface area contributed by atoms with Crippen molar-refractivity contribution in [3.8, 4) is 5.75 Å². The summed E-state index contributed by atoms with van der Waals surface area (Å²) in [6.45, 7) is 3.91. The van der Waals surface area contributed by atoms with E-state index in [0.29, 0.717) is 32.1 Å². The number of sulfonamides is 1. The van der Waals surface area contributed by atoms with E-state index in [4.69, 9.17) is 9.47 Å². The van der Waals surface area contributed by atoms with E-state index in [1.54, 1.807) is 24.0 Å². The minimum atomic E-state index is -3.53. The van der Waals surface area contributed by atoms with Crippen molar-refractivity contribution in [3.63, 3.8) is 0 Å². The predicted octanol–water partition coefficient (Wildman–Crippen LogP) is 1.92. The largest absolute Gasteiger partial charge is 0.481 e. The van der Waals surface area contributed by atoms with Crippen molar-refractivity contribution < 1.29 is 22.7 Å². The van der Waals surface area contributed by atoms with Crippen LogP contribution in [0.2, 0.25) is 0 Å². The number of benzene rings is 1. The fourth-order valence-electron chi connectivity index (χ4n) is 3.50. The Morgan fingerprint density at radius 2 is 1.78 bits per heavy atom. The van der Waals surface area contributed by atoms with Gasteiger partial charge in [-0.05, 0) is 44.0 Å². The van der Waals surface area contributed by atoms with Gasteiger partial charge < -0.3 is 14.4 Å². The van der Waals surface area contributed by atoms with Crippen LogP contribution in [0.1, 0.15) is 39.0 Å². The van der Waals surface area contributed by atoms with Crippen molar-refractivity contribution in [3.05, 3.63) is 24.3 Å². The van der Waals surface area contributed by atoms with Crippen LogP contribution < -0.4 is 9.46 Å². The molecule has 3 rings (SSSR count). The molecule has 0 unspecified atom stereocenters. The third-order valence-electron chi connectivity index (χ3n) is 5.04. The maximum atomic E-state index is 12.5. The maximum absolute atomic E-state index is 12.5. The van der Waals surface area contributed by atoms with Crippen LogP contribution in [0.25, 0.3) is 0 Å². The average Bonchev–Trinajstić information content (AvgIpc) is 2.69. The summed E-state index contributed by atoms with van der Waals surface area (Å²) in [6, 6.07) is 6.25. The molecule has 1 aliphatic heterocycles. The van der Waals surface area contributed by atoms with Gasteiger partial charge in [0.05, 0.1) is 18.1 Å². The van der Waals surface area contributed by atoms with Gasteiger partial charge in [0.1, 0.15) is 5.75 Å². The standard InChI is InChI=1S/C19H28N2O5S/c1-15(19(22)21-11-13-25-14-12-21)26-17-7-9-18(10-8-17)27(23,24)20-16-5-3-2-4-6-16/h7-10,15-16,20H,2-6,11-14H2,1H3/t15-/m1/s1. The molecule has 0 aromatic heterocycles. The van der Waals surface area contributed by atoms with Crippen LogP contribution in [0.5, 0.6) is 5.75 Å². The Bertz CT molecular complexity index is 723. The van der Waals surface area contributed by atoms with Crippen molar-refractivity contribution >= 4 is 15.9 Å². The minimum absolute atomic E-state index is 0.0193. The molecule has 1 N–H and O–H groups in total. The number of nitrogens with zero attached hydrogens (tertiary/aromatic N) is 1. The maximum Gasteiger partial charge on any atom is 0.263 e. The van der Waals surface area contributed by atoms with Gasteiger partial charge in [-0.25, -0.2) is 13.1 Å². The van der Waals surface area contributed by atoms with Gasteiger partial charge in [-0.1, -0.05) is 19.3 Å². The number of hydrogen-bond donors (Lipinski definition) is 1. The molecular weight excluding hydrogens is 368 g/mol. The molecule has 0 radical (unpaired) electrons. The molecule has 2 fully saturated rings. The summed E-state index contributed by atoms with van der Waals surface area (Å²) >= 11 is 0. The summed E-state index contributed by atoms with van der Waals surface area (Å²) in [4.78, 5) is 14.3. The number of carbonyl (C=O) groups is 1. The topological polar surface area (TPSA) is 84.9 Å². The highest BCUT2D eigenvalue weighted by molar-refractivity contribution is 7.89. The first kappa shape index (κ1) is 20.1. The van der Waals surface area contributed by atoms with Crippen LogP contribution in [-0.4, -0.2) is 57.7 Å². The number of nitrogens with one attached hydrogen (secondary N) is 1. The molecule has 0 bridgehead atoms. The van der Waals surface area contributed by atoms with Crippen LogP contribution in [0.3, 0.4) is 0 Å². The molecule has 7 nitrogen and oxygen atoms in total. The van der Waals surface area contributed by atoms with Crippen molar-refractivity contribution in [2.75, 3.05) is 26.3 Å². The summed E-state index contributed by atoms with van der Waals surface area (Å²) in [5.41, 5.74) is 0. The molecule has 1 saturated heterocycles. The third kappa shape index (κ3) is 5.43. The van der Waals surface area contributed by atoms with E-state index in [-0.39, 0.29) is 16.8 Å². The van der Waals surface area contributed by atoms with Crippen LogP contribution in [0, 0.1) is 0 Å². The highest BCUT2D eigenvalue weighted by Gasteiger charge is 2.25. The zero-order chi connectivity index (χ0) is 19.3. The fraction of sp³-hybridized carbons (Fsp3) is 0.632. The fourth-order valence-corrected chi connectivity index (χ4v) is 4.81. The predicted molar refractivity (Wildman–Crippen MR) is 101 cm³/mol. The Morgan fingerprint density at radius 1 is 1.15 bits per heavy atom. The van der Waals surface area contributed by atoms with Gasteiger partial charge in [-0.2, -0.15) is 0 Å². The van der Waals surface area contributed by atoms with E-state index in [0.717, 1.165) is 25.7 Å². The van der Waals surface area contributed by atoms with Gasteiger partial charge >= 0.3 is 0 Å². The van der Waals surface area contributed by atoms with Crippen LogP contribution in [0.4, 0.5) is 0 Å². The lowest BCUT2D eigenvalue weighted by atomic mass is 9.96. The van der Waals surface area contributed by atoms with Crippen molar-refractivity contribution in [1.82, 2.24) is 9.62 Å². The van der Waals surface area contributed by atoms with E-state index >= 15 is 0 Å². The van der Waals surface area contributed by atoms with Crippen molar-refractivity contribution in [1.29, 1.82) is 0 Å². The zero-order valence-electron chi connectivity index (χ0n) is 15.7. The van der Waals surface area contributed by atoms with Gasteiger partial charge in [0.2, 0.25) is 10.0 Å². The molecule has 1 atom stereocenters. The molecule has 1 aromatic carbocycles. The van der Waals surface area contributed by atoms with Crippen LogP contribution in [0.15, 0.2) is 29.2 Å². The molecule has 1 amide bonds. The monoisotopic (exact) mass is 396 g/mol. The van der Waals surface area contributed by atoms with Crippen molar-refractivity contribution in [2.45, 2.75) is 56.1 Å².